The molecule has 0 bridgehead atoms. The maximum Gasteiger partial charge on any atom is 0.243 e. The highest BCUT2D eigenvalue weighted by molar-refractivity contribution is 7.90. The van der Waals surface area contributed by atoms with Gasteiger partial charge in [-0.05, 0) is 37.6 Å². The van der Waals surface area contributed by atoms with Gasteiger partial charge in [0.15, 0.2) is 0 Å². The van der Waals surface area contributed by atoms with E-state index < -0.39 is 20.0 Å². The first kappa shape index (κ1) is 17.8. The molecule has 7 nitrogen and oxygen atoms in total. The summed E-state index contributed by atoms with van der Waals surface area (Å²) in [5, 5.41) is -0.255. The fourth-order valence-corrected chi connectivity index (χ4v) is 5.42. The second-order valence-electron chi connectivity index (χ2n) is 6.42. The maximum absolute atomic E-state index is 12.6. The molecule has 1 saturated heterocycles. The molecule has 1 aromatic carbocycles. The Morgan fingerprint density at radius 2 is 1.58 bits per heavy atom. The summed E-state index contributed by atoms with van der Waals surface area (Å²) in [6.07, 6.45) is 1.44. The van der Waals surface area contributed by atoms with E-state index in [0.717, 1.165) is 31.5 Å². The van der Waals surface area contributed by atoms with Crippen molar-refractivity contribution in [2.45, 2.75) is 29.5 Å². The minimum atomic E-state index is -3.48. The van der Waals surface area contributed by atoms with Crippen molar-refractivity contribution in [3.8, 4) is 0 Å². The molecule has 0 unspecified atom stereocenters. The van der Waals surface area contributed by atoms with Crippen LogP contribution >= 0.6 is 0 Å². The number of piperazine rings is 1. The molecule has 1 saturated carbocycles. The van der Waals surface area contributed by atoms with Gasteiger partial charge in [0.25, 0.3) is 0 Å². The van der Waals surface area contributed by atoms with Crippen LogP contribution in [0.5, 0.6) is 0 Å². The summed E-state index contributed by atoms with van der Waals surface area (Å²) in [5.74, 6) is 0. The molecule has 9 heteroatoms. The maximum atomic E-state index is 12.6. The van der Waals surface area contributed by atoms with E-state index in [0.29, 0.717) is 13.1 Å². The van der Waals surface area contributed by atoms with Crippen molar-refractivity contribution in [2.24, 2.45) is 0 Å². The van der Waals surface area contributed by atoms with Crippen LogP contribution in [0.15, 0.2) is 29.2 Å². The van der Waals surface area contributed by atoms with Gasteiger partial charge >= 0.3 is 0 Å². The normalized spacial score (nSPS) is 21.0. The zero-order valence-electron chi connectivity index (χ0n) is 13.7. The van der Waals surface area contributed by atoms with Crippen LogP contribution in [-0.2, 0) is 26.6 Å². The molecule has 134 valence electrons. The summed E-state index contributed by atoms with van der Waals surface area (Å²) in [6.45, 7) is 2.61. The Labute approximate surface area is 143 Å². The molecular formula is C15H23N3O4S2. The van der Waals surface area contributed by atoms with Crippen LogP contribution in [0.25, 0.3) is 0 Å². The molecule has 0 aromatic heterocycles. The molecule has 0 atom stereocenters. The van der Waals surface area contributed by atoms with E-state index in [-0.39, 0.29) is 16.7 Å². The summed E-state index contributed by atoms with van der Waals surface area (Å²) in [7, 11) is -4.73. The Bertz CT molecular complexity index is 779. The molecule has 1 aromatic rings. The third kappa shape index (κ3) is 3.97. The van der Waals surface area contributed by atoms with Gasteiger partial charge < -0.3 is 4.90 Å². The number of likely N-dealkylation sites (N-methyl/N-ethyl adjacent to an activating group) is 1. The van der Waals surface area contributed by atoms with E-state index in [2.05, 4.69) is 9.62 Å². The fourth-order valence-electron chi connectivity index (χ4n) is 2.64. The van der Waals surface area contributed by atoms with Crippen LogP contribution in [0.1, 0.15) is 18.4 Å². The minimum Gasteiger partial charge on any atom is -0.304 e. The van der Waals surface area contributed by atoms with Gasteiger partial charge in [-0.1, -0.05) is 12.1 Å². The lowest BCUT2D eigenvalue weighted by Gasteiger charge is -2.31. The third-order valence-electron chi connectivity index (χ3n) is 4.46. The molecule has 2 fully saturated rings. The predicted octanol–water partition coefficient (Wildman–Crippen LogP) is 0.205. The molecule has 3 rings (SSSR count). The van der Waals surface area contributed by atoms with Crippen LogP contribution in [0, 0.1) is 0 Å². The minimum absolute atomic E-state index is 0.188. The van der Waals surface area contributed by atoms with Gasteiger partial charge in [0, 0.05) is 32.7 Å². The number of hydrogen-bond acceptors (Lipinski definition) is 5. The van der Waals surface area contributed by atoms with E-state index in [1.165, 1.54) is 4.31 Å². The summed E-state index contributed by atoms with van der Waals surface area (Å²) in [4.78, 5) is 2.35. The molecule has 1 aliphatic heterocycles. The smallest absolute Gasteiger partial charge is 0.243 e. The highest BCUT2D eigenvalue weighted by atomic mass is 32.2. The van der Waals surface area contributed by atoms with Crippen molar-refractivity contribution in [1.82, 2.24) is 13.9 Å². The zero-order valence-corrected chi connectivity index (χ0v) is 15.3. The molecule has 0 amide bonds. The number of nitrogens with one attached hydrogen (secondary N) is 1. The molecular weight excluding hydrogens is 350 g/mol. The lowest BCUT2D eigenvalue weighted by atomic mass is 10.2. The predicted molar refractivity (Wildman–Crippen MR) is 91.5 cm³/mol. The van der Waals surface area contributed by atoms with Crippen LogP contribution in [-0.4, -0.2) is 64.5 Å². The quantitative estimate of drug-likeness (QED) is 0.770. The van der Waals surface area contributed by atoms with Crippen LogP contribution < -0.4 is 4.72 Å². The molecule has 24 heavy (non-hydrogen) atoms. The Kier molecular flexibility index (Phi) is 4.99. The largest absolute Gasteiger partial charge is 0.304 e. The van der Waals surface area contributed by atoms with Crippen molar-refractivity contribution >= 4 is 20.0 Å². The van der Waals surface area contributed by atoms with E-state index in [1.54, 1.807) is 24.3 Å². The molecule has 2 aliphatic rings. The average molecular weight is 374 g/mol. The standard InChI is InChI=1S/C15H23N3O4S2/c1-17-8-10-18(11-9-17)24(21,22)15-4-2-13(3-5-15)12-16-23(19,20)14-6-7-14/h2-5,14,16H,6-12H2,1H3. The number of sulfonamides is 2. The van der Waals surface area contributed by atoms with E-state index >= 15 is 0 Å². The summed E-state index contributed by atoms with van der Waals surface area (Å²) in [5.41, 5.74) is 0.747. The second-order valence-corrected chi connectivity index (χ2v) is 10.4. The first-order chi connectivity index (χ1) is 11.3. The second kappa shape index (κ2) is 6.72. The summed E-state index contributed by atoms with van der Waals surface area (Å²) in [6, 6.07) is 6.43. The van der Waals surface area contributed by atoms with Crippen LogP contribution in [0.4, 0.5) is 0 Å². The van der Waals surface area contributed by atoms with Gasteiger partial charge in [-0.15, -0.1) is 0 Å². The van der Waals surface area contributed by atoms with Crippen LogP contribution in [0.3, 0.4) is 0 Å². The Morgan fingerprint density at radius 3 is 2.12 bits per heavy atom. The van der Waals surface area contributed by atoms with E-state index in [9.17, 15) is 16.8 Å². The summed E-state index contributed by atoms with van der Waals surface area (Å²) >= 11 is 0. The topological polar surface area (TPSA) is 86.8 Å². The molecule has 0 spiro atoms. The zero-order chi connectivity index (χ0) is 17.4. The molecule has 0 radical (unpaired) electrons. The Balaban J connectivity index is 1.65. The molecule has 1 N–H and O–H groups in total. The lowest BCUT2D eigenvalue weighted by Crippen LogP contribution is -2.47. The lowest BCUT2D eigenvalue weighted by molar-refractivity contribution is 0.222. The van der Waals surface area contributed by atoms with Crippen molar-refractivity contribution in [3.63, 3.8) is 0 Å². The number of nitrogens with zero attached hydrogens (tertiary/aromatic N) is 2. The average Bonchev–Trinajstić information content (AvgIpc) is 3.39. The number of rotatable bonds is 6. The van der Waals surface area contributed by atoms with E-state index in [4.69, 9.17) is 0 Å². The fraction of sp³-hybridized carbons (Fsp3) is 0.600. The number of benzene rings is 1. The van der Waals surface area contributed by atoms with Gasteiger partial charge in [0.1, 0.15) is 0 Å². The van der Waals surface area contributed by atoms with Gasteiger partial charge in [-0.25, -0.2) is 21.6 Å². The van der Waals surface area contributed by atoms with Gasteiger partial charge in [-0.3, -0.25) is 0 Å². The first-order valence-corrected chi connectivity index (χ1v) is 11.0. The first-order valence-electron chi connectivity index (χ1n) is 8.05. The monoisotopic (exact) mass is 373 g/mol. The van der Waals surface area contributed by atoms with E-state index in [1.807, 2.05) is 7.05 Å². The van der Waals surface area contributed by atoms with Crippen molar-refractivity contribution in [1.29, 1.82) is 0 Å². The Morgan fingerprint density at radius 1 is 1.00 bits per heavy atom. The molecule has 1 aliphatic carbocycles. The van der Waals surface area contributed by atoms with Crippen LogP contribution in [0.2, 0.25) is 0 Å². The van der Waals surface area contributed by atoms with Crippen molar-refractivity contribution in [3.05, 3.63) is 29.8 Å². The summed E-state index contributed by atoms with van der Waals surface area (Å²) < 4.78 is 52.9. The van der Waals surface area contributed by atoms with Crippen molar-refractivity contribution < 1.29 is 16.8 Å². The molecule has 1 heterocycles. The van der Waals surface area contributed by atoms with Gasteiger partial charge in [-0.2, -0.15) is 4.31 Å². The van der Waals surface area contributed by atoms with Gasteiger partial charge in [0.05, 0.1) is 10.1 Å². The van der Waals surface area contributed by atoms with Crippen molar-refractivity contribution in [2.75, 3.05) is 33.2 Å². The van der Waals surface area contributed by atoms with Gasteiger partial charge in [0.2, 0.25) is 20.0 Å². The number of hydrogen-bond donors (Lipinski definition) is 1. The highest BCUT2D eigenvalue weighted by Gasteiger charge is 2.35. The highest BCUT2D eigenvalue weighted by Crippen LogP contribution is 2.27. The third-order valence-corrected chi connectivity index (χ3v) is 8.27. The SMILES string of the molecule is CN1CCN(S(=O)(=O)c2ccc(CNS(=O)(=O)C3CC3)cc2)CC1. The Hall–Kier alpha value is -1.00.